The molecule has 0 aromatic carbocycles. The third kappa shape index (κ3) is 4.80. The lowest BCUT2D eigenvalue weighted by Gasteiger charge is -2.33. The lowest BCUT2D eigenvalue weighted by atomic mass is 9.96. The van der Waals surface area contributed by atoms with Crippen LogP contribution in [0, 0.1) is 0 Å². The first-order chi connectivity index (χ1) is 11.2. The fourth-order valence-corrected chi connectivity index (χ4v) is 3.40. The summed E-state index contributed by atoms with van der Waals surface area (Å²) in [6.07, 6.45) is 11.1. The van der Waals surface area contributed by atoms with E-state index in [4.69, 9.17) is 4.74 Å². The maximum atomic E-state index is 12.3. The molecular formula is C16H23BrN4O2. The molecule has 0 radical (unpaired) electrons. The second kappa shape index (κ2) is 7.95. The molecule has 0 bridgehead atoms. The van der Waals surface area contributed by atoms with Crippen LogP contribution in [-0.4, -0.2) is 46.1 Å². The number of hydrogen-bond donors (Lipinski definition) is 1. The van der Waals surface area contributed by atoms with E-state index in [-0.39, 0.29) is 12.1 Å². The molecule has 2 heterocycles. The highest BCUT2D eigenvalue weighted by molar-refractivity contribution is 9.10. The minimum atomic E-state index is 0.0786. The highest BCUT2D eigenvalue weighted by Crippen LogP contribution is 2.19. The van der Waals surface area contributed by atoms with Gasteiger partial charge >= 0.3 is 12.0 Å². The summed E-state index contributed by atoms with van der Waals surface area (Å²) in [6.45, 7) is 1.44. The fraction of sp³-hybridized carbons (Fsp3) is 0.688. The zero-order chi connectivity index (χ0) is 16.1. The Hall–Kier alpha value is -1.37. The maximum absolute atomic E-state index is 12.3. The van der Waals surface area contributed by atoms with Crippen LogP contribution in [0.25, 0.3) is 0 Å². The average Bonchev–Trinajstić information content (AvgIpc) is 2.58. The molecule has 23 heavy (non-hydrogen) atoms. The molecule has 1 aromatic heterocycles. The first kappa shape index (κ1) is 16.5. The summed E-state index contributed by atoms with van der Waals surface area (Å²) in [5.41, 5.74) is 0. The summed E-state index contributed by atoms with van der Waals surface area (Å²) in [6, 6.07) is 0.843. The van der Waals surface area contributed by atoms with Crippen LogP contribution < -0.4 is 10.1 Å². The third-order valence-corrected chi connectivity index (χ3v) is 4.94. The van der Waals surface area contributed by atoms with Gasteiger partial charge in [0.1, 0.15) is 6.10 Å². The molecule has 1 saturated heterocycles. The number of carbonyl (C=O) groups excluding carboxylic acids is 1. The van der Waals surface area contributed by atoms with Gasteiger partial charge in [-0.1, -0.05) is 19.3 Å². The first-order valence-electron chi connectivity index (χ1n) is 8.40. The molecule has 2 fully saturated rings. The summed E-state index contributed by atoms with van der Waals surface area (Å²) in [5, 5.41) is 3.18. The van der Waals surface area contributed by atoms with Crippen LogP contribution in [-0.2, 0) is 0 Å². The predicted octanol–water partition coefficient (Wildman–Crippen LogP) is 3.12. The van der Waals surface area contributed by atoms with Crippen molar-refractivity contribution in [1.82, 2.24) is 20.2 Å². The van der Waals surface area contributed by atoms with Gasteiger partial charge in [-0.25, -0.2) is 14.8 Å². The molecule has 1 aliphatic heterocycles. The Morgan fingerprint density at radius 1 is 1.13 bits per heavy atom. The van der Waals surface area contributed by atoms with Crippen molar-refractivity contribution in [3.8, 4) is 6.01 Å². The van der Waals surface area contributed by atoms with Gasteiger partial charge in [0.15, 0.2) is 0 Å². The molecule has 2 amide bonds. The van der Waals surface area contributed by atoms with Crippen LogP contribution >= 0.6 is 15.9 Å². The van der Waals surface area contributed by atoms with E-state index in [0.717, 1.165) is 43.2 Å². The first-order valence-corrected chi connectivity index (χ1v) is 9.19. The summed E-state index contributed by atoms with van der Waals surface area (Å²) >= 11 is 3.30. The van der Waals surface area contributed by atoms with E-state index in [1.54, 1.807) is 12.4 Å². The molecule has 126 valence electrons. The zero-order valence-electron chi connectivity index (χ0n) is 13.2. The number of amides is 2. The van der Waals surface area contributed by atoms with Crippen molar-refractivity contribution < 1.29 is 9.53 Å². The minimum Gasteiger partial charge on any atom is -0.460 e. The summed E-state index contributed by atoms with van der Waals surface area (Å²) in [5.74, 6) is 0. The van der Waals surface area contributed by atoms with E-state index in [2.05, 4.69) is 31.2 Å². The van der Waals surface area contributed by atoms with Crippen LogP contribution in [0.1, 0.15) is 44.9 Å². The predicted molar refractivity (Wildman–Crippen MR) is 90.4 cm³/mol. The van der Waals surface area contributed by atoms with Crippen LogP contribution in [0.15, 0.2) is 16.9 Å². The minimum absolute atomic E-state index is 0.0786. The number of likely N-dealkylation sites (tertiary alicyclic amines) is 1. The highest BCUT2D eigenvalue weighted by atomic mass is 79.9. The lowest BCUT2D eigenvalue weighted by molar-refractivity contribution is 0.102. The van der Waals surface area contributed by atoms with Crippen LogP contribution in [0.3, 0.4) is 0 Å². The topological polar surface area (TPSA) is 67.4 Å². The van der Waals surface area contributed by atoms with Gasteiger partial charge in [-0.3, -0.25) is 0 Å². The number of halogens is 1. The van der Waals surface area contributed by atoms with Gasteiger partial charge in [0.2, 0.25) is 0 Å². The van der Waals surface area contributed by atoms with Gasteiger partial charge in [0.25, 0.3) is 0 Å². The smallest absolute Gasteiger partial charge is 0.317 e. The van der Waals surface area contributed by atoms with E-state index in [0.29, 0.717) is 12.1 Å². The average molecular weight is 383 g/mol. The van der Waals surface area contributed by atoms with Gasteiger partial charge in [-0.05, 0) is 28.8 Å². The number of rotatable bonds is 3. The molecule has 0 unspecified atom stereocenters. The molecule has 7 heteroatoms. The van der Waals surface area contributed by atoms with E-state index >= 15 is 0 Å². The second-order valence-corrected chi connectivity index (χ2v) is 7.19. The number of piperidine rings is 1. The Labute approximate surface area is 145 Å². The van der Waals surface area contributed by atoms with Crippen molar-refractivity contribution >= 4 is 22.0 Å². The SMILES string of the molecule is O=C(NC1CCCCC1)N1CCC(Oc2ncc(Br)cn2)CC1. The third-order valence-electron chi connectivity index (χ3n) is 4.53. The van der Waals surface area contributed by atoms with E-state index in [1.807, 2.05) is 4.90 Å². The quantitative estimate of drug-likeness (QED) is 0.871. The number of hydrogen-bond acceptors (Lipinski definition) is 4. The zero-order valence-corrected chi connectivity index (χ0v) is 14.8. The Bertz CT molecular complexity index is 511. The van der Waals surface area contributed by atoms with Crippen molar-refractivity contribution in [1.29, 1.82) is 0 Å². The molecule has 2 aliphatic rings. The van der Waals surface area contributed by atoms with Crippen molar-refractivity contribution in [3.63, 3.8) is 0 Å². The maximum Gasteiger partial charge on any atom is 0.317 e. The van der Waals surface area contributed by atoms with E-state index in [9.17, 15) is 4.79 Å². The van der Waals surface area contributed by atoms with E-state index < -0.39 is 0 Å². The molecule has 0 atom stereocenters. The summed E-state index contributed by atoms with van der Waals surface area (Å²) < 4.78 is 6.62. The molecule has 1 aromatic rings. The van der Waals surface area contributed by atoms with E-state index in [1.165, 1.54) is 19.3 Å². The second-order valence-electron chi connectivity index (χ2n) is 6.27. The van der Waals surface area contributed by atoms with Crippen molar-refractivity contribution in [3.05, 3.63) is 16.9 Å². The van der Waals surface area contributed by atoms with Gasteiger partial charge in [-0.15, -0.1) is 0 Å². The van der Waals surface area contributed by atoms with Crippen molar-refractivity contribution in [2.45, 2.75) is 57.1 Å². The number of carbonyl (C=O) groups is 1. The summed E-state index contributed by atoms with van der Waals surface area (Å²) in [7, 11) is 0. The Morgan fingerprint density at radius 3 is 2.43 bits per heavy atom. The molecule has 0 spiro atoms. The Morgan fingerprint density at radius 2 is 1.78 bits per heavy atom. The highest BCUT2D eigenvalue weighted by Gasteiger charge is 2.26. The Balaban J connectivity index is 1.42. The number of urea groups is 1. The largest absolute Gasteiger partial charge is 0.460 e. The summed E-state index contributed by atoms with van der Waals surface area (Å²) in [4.78, 5) is 22.5. The number of nitrogens with zero attached hydrogens (tertiary/aromatic N) is 3. The monoisotopic (exact) mass is 382 g/mol. The molecular weight excluding hydrogens is 360 g/mol. The van der Waals surface area contributed by atoms with Crippen LogP contribution in [0.4, 0.5) is 4.79 Å². The Kier molecular flexibility index (Phi) is 5.70. The normalized spacial score (nSPS) is 20.3. The molecule has 6 nitrogen and oxygen atoms in total. The number of nitrogens with one attached hydrogen (secondary N) is 1. The van der Waals surface area contributed by atoms with Crippen molar-refractivity contribution in [2.24, 2.45) is 0 Å². The fourth-order valence-electron chi connectivity index (χ4n) is 3.20. The van der Waals surface area contributed by atoms with Gasteiger partial charge in [-0.2, -0.15) is 0 Å². The van der Waals surface area contributed by atoms with Gasteiger partial charge < -0.3 is 15.0 Å². The molecule has 3 rings (SSSR count). The lowest BCUT2D eigenvalue weighted by Crippen LogP contribution is -2.49. The number of ether oxygens (including phenoxy) is 1. The van der Waals surface area contributed by atoms with Crippen LogP contribution in [0.2, 0.25) is 0 Å². The standard InChI is InChI=1S/C16H23BrN4O2/c17-12-10-18-15(19-11-12)23-14-6-8-21(9-7-14)16(22)20-13-4-2-1-3-5-13/h10-11,13-14H,1-9H2,(H,20,22). The van der Waals surface area contributed by atoms with Gasteiger partial charge in [0.05, 0.1) is 4.47 Å². The van der Waals surface area contributed by atoms with Crippen LogP contribution in [0.5, 0.6) is 6.01 Å². The van der Waals surface area contributed by atoms with Gasteiger partial charge in [0, 0.05) is 44.4 Å². The number of aromatic nitrogens is 2. The molecule has 1 aliphatic carbocycles. The molecule has 1 N–H and O–H groups in total. The molecule has 1 saturated carbocycles. The van der Waals surface area contributed by atoms with Crippen molar-refractivity contribution in [2.75, 3.05) is 13.1 Å².